The number of aromatic carboxylic acids is 8. The van der Waals surface area contributed by atoms with Gasteiger partial charge in [0, 0.05) is 80.6 Å². The van der Waals surface area contributed by atoms with E-state index in [-0.39, 0.29) is 22.0 Å². The van der Waals surface area contributed by atoms with Crippen LogP contribution in [0.15, 0.2) is 171 Å². The van der Waals surface area contributed by atoms with Crippen LogP contribution in [-0.4, -0.2) is 114 Å². The first-order chi connectivity index (χ1) is 37.4. The van der Waals surface area contributed by atoms with Crippen molar-refractivity contribution in [3.63, 3.8) is 0 Å². The van der Waals surface area contributed by atoms with Crippen LogP contribution in [0.3, 0.4) is 0 Å². The van der Waals surface area contributed by atoms with Crippen LogP contribution in [0.25, 0.3) is 65.4 Å². The van der Waals surface area contributed by atoms with Crippen LogP contribution in [0.5, 0.6) is 0 Å². The maximum absolute atomic E-state index is 10.8. The van der Waals surface area contributed by atoms with E-state index in [9.17, 15) is 48.6 Å². The van der Waals surface area contributed by atoms with E-state index in [1.807, 2.05) is 36.4 Å². The number of benzene rings is 5. The molecule has 0 saturated heterocycles. The summed E-state index contributed by atoms with van der Waals surface area (Å²) in [5.41, 5.74) is -0.915. The Morgan fingerprint density at radius 3 is 0.575 bits per heavy atom. The van der Waals surface area contributed by atoms with Gasteiger partial charge in [0.25, 0.3) is 0 Å². The van der Waals surface area contributed by atoms with Crippen molar-refractivity contribution in [2.45, 2.75) is 0 Å². The number of carbonyl (C=O) groups excluding carboxylic acids is 2. The zero-order valence-corrected chi connectivity index (χ0v) is 41.4. The molecule has 0 amide bonds. The fourth-order valence-electron chi connectivity index (χ4n) is 7.64. The van der Waals surface area contributed by atoms with Crippen LogP contribution in [-0.2, 0) is 16.5 Å². The zero-order valence-electron chi connectivity index (χ0n) is 40.4. The maximum atomic E-state index is 10.8. The van der Waals surface area contributed by atoms with Crippen molar-refractivity contribution in [2.24, 2.45) is 0 Å². The second-order valence-corrected chi connectivity index (χ2v) is 15.9. The topological polar surface area (TPSA) is 413 Å². The summed E-state index contributed by atoms with van der Waals surface area (Å²) in [5, 5.41) is 80.5. The summed E-state index contributed by atoms with van der Waals surface area (Å²) in [6, 6.07) is 38.3. The Labute approximate surface area is 457 Å². The minimum absolute atomic E-state index is 0. The number of carboxylic acid groups (broad SMARTS) is 8. The molecule has 8 N–H and O–H groups in total. The number of fused-ring (bicyclic) bond motifs is 9. The molecule has 23 nitrogen and oxygen atoms in total. The zero-order chi connectivity index (χ0) is 56.2. The van der Waals surface area contributed by atoms with E-state index >= 15 is 0 Å². The van der Waals surface area contributed by atoms with E-state index in [1.54, 1.807) is 37.2 Å². The van der Waals surface area contributed by atoms with Gasteiger partial charge in [0.15, 0.2) is 0 Å². The first kappa shape index (κ1) is 59.6. The van der Waals surface area contributed by atoms with E-state index < -0.39 is 92.3 Å². The first-order valence-electron chi connectivity index (χ1n) is 22.3. The van der Waals surface area contributed by atoms with Gasteiger partial charge in [-0.25, -0.2) is 28.8 Å². The fraction of sp³-hybridized carbons (Fsp3) is 0. The van der Waals surface area contributed by atoms with Gasteiger partial charge in [-0.3, -0.25) is 29.9 Å². The van der Waals surface area contributed by atoms with Crippen LogP contribution in [0.4, 0.5) is 0 Å². The Morgan fingerprint density at radius 1 is 0.275 bits per heavy atom. The molecule has 11 rings (SSSR count). The second kappa shape index (κ2) is 26.5. The number of nitrogens with zero attached hydrogens (tertiary/aromatic N) is 6. The Kier molecular flexibility index (Phi) is 19.8. The van der Waals surface area contributed by atoms with Crippen molar-refractivity contribution in [1.82, 2.24) is 29.9 Å². The summed E-state index contributed by atoms with van der Waals surface area (Å²) in [5.74, 6) is -14.0. The predicted octanol–water partition coefficient (Wildman–Crippen LogP) is 5.81. The van der Waals surface area contributed by atoms with E-state index in [2.05, 4.69) is 103 Å². The standard InChI is InChI=1S/3C12H8N2.2C10H6O8.Ni.H2O/c3*1-3-9-5-6-10-4-2-8-14-12(10)11(9)13-7-1;2*11-7(12)3-1-4(8(13)14)6(10(17)18)2-5(3)9(15)16;;/h3*1-8H;2*1-2H,(H,11,12)(H,13,14)(H,15,16)(H,17,18);;1H2/q;;;;;+2;/p-2. The predicted molar refractivity (Wildman–Crippen MR) is 278 cm³/mol. The van der Waals surface area contributed by atoms with E-state index in [0.717, 1.165) is 65.4 Å². The average Bonchev–Trinajstić information content (AvgIpc) is 3.47. The molecule has 0 aliphatic heterocycles. The summed E-state index contributed by atoms with van der Waals surface area (Å²) < 4.78 is 0. The van der Waals surface area contributed by atoms with Gasteiger partial charge < -0.3 is 55.9 Å². The Balaban J connectivity index is 0.000000183. The fourth-order valence-corrected chi connectivity index (χ4v) is 7.64. The smallest absolute Gasteiger partial charge is 0.545 e. The van der Waals surface area contributed by atoms with Crippen LogP contribution < -0.4 is 10.2 Å². The van der Waals surface area contributed by atoms with Crippen molar-refractivity contribution < 1.29 is 101 Å². The Bertz CT molecular complexity index is 3510. The van der Waals surface area contributed by atoms with Crippen molar-refractivity contribution >= 4 is 113 Å². The van der Waals surface area contributed by atoms with E-state index in [0.29, 0.717) is 24.3 Å². The minimum atomic E-state index is -1.91. The second-order valence-electron chi connectivity index (χ2n) is 15.9. The number of carbonyl (C=O) groups is 8. The molecular formula is C56H36N6NiO17. The molecule has 6 aromatic heterocycles. The van der Waals surface area contributed by atoms with Crippen molar-refractivity contribution in [3.8, 4) is 0 Å². The molecular weight excluding hydrogens is 1090 g/mol. The third-order valence-electron chi connectivity index (χ3n) is 11.2. The van der Waals surface area contributed by atoms with Crippen LogP contribution in [0, 0.1) is 0 Å². The number of hydrogen-bond acceptors (Lipinski definition) is 16. The summed E-state index contributed by atoms with van der Waals surface area (Å²) in [7, 11) is 0. The summed E-state index contributed by atoms with van der Waals surface area (Å²) >= 11 is 0. The number of hydrogen-bond donors (Lipinski definition) is 6. The molecule has 0 bridgehead atoms. The quantitative estimate of drug-likeness (QED) is 0.0771. The van der Waals surface area contributed by atoms with Gasteiger partial charge in [0.05, 0.1) is 78.4 Å². The van der Waals surface area contributed by atoms with E-state index in [1.165, 1.54) is 0 Å². The normalized spacial score (nSPS) is 10.1. The van der Waals surface area contributed by atoms with Crippen molar-refractivity contribution in [2.75, 3.05) is 0 Å². The molecule has 0 aliphatic rings. The molecule has 0 unspecified atom stereocenters. The first-order valence-corrected chi connectivity index (χ1v) is 22.3. The van der Waals surface area contributed by atoms with Gasteiger partial charge in [0.2, 0.25) is 0 Å². The molecule has 0 atom stereocenters. The summed E-state index contributed by atoms with van der Waals surface area (Å²) in [6.07, 6.45) is 10.8. The van der Waals surface area contributed by atoms with Gasteiger partial charge in [0.1, 0.15) is 0 Å². The molecule has 0 radical (unpaired) electrons. The summed E-state index contributed by atoms with van der Waals surface area (Å²) in [4.78, 5) is 112. The number of pyridine rings is 6. The monoisotopic (exact) mass is 1120 g/mol. The molecule has 0 spiro atoms. The largest absolute Gasteiger partial charge is 2.00 e. The van der Waals surface area contributed by atoms with Crippen LogP contribution in [0.1, 0.15) is 82.9 Å². The number of carboxylic acids is 8. The van der Waals surface area contributed by atoms with Crippen LogP contribution >= 0.6 is 0 Å². The molecule has 0 aliphatic carbocycles. The third kappa shape index (κ3) is 13.6. The Hall–Kier alpha value is -11.2. The van der Waals surface area contributed by atoms with Crippen molar-refractivity contribution in [3.05, 3.63) is 215 Å². The number of aromatic nitrogens is 6. The van der Waals surface area contributed by atoms with Gasteiger partial charge in [-0.1, -0.05) is 72.8 Å². The molecule has 5 aromatic carbocycles. The third-order valence-corrected chi connectivity index (χ3v) is 11.2. The Morgan fingerprint density at radius 2 is 0.425 bits per heavy atom. The van der Waals surface area contributed by atoms with Gasteiger partial charge >= 0.3 is 52.3 Å². The van der Waals surface area contributed by atoms with Gasteiger partial charge in [-0.15, -0.1) is 0 Å². The van der Waals surface area contributed by atoms with Gasteiger partial charge in [-0.2, -0.15) is 0 Å². The molecule has 6 heterocycles. The summed E-state index contributed by atoms with van der Waals surface area (Å²) in [6.45, 7) is 0. The van der Waals surface area contributed by atoms with Gasteiger partial charge in [-0.05, 0) is 60.7 Å². The minimum Gasteiger partial charge on any atom is -0.545 e. The number of rotatable bonds is 8. The molecule has 24 heteroatoms. The SMILES string of the molecule is O.O=C([O-])c1cc(C(=O)O)c(C(=O)O)cc1C(=O)O.O=C([O-])c1cc(C(=O)O)c(C(=O)O)cc1C(=O)O.[Ni+2].c1cnc2c(c1)ccc1cccnc12.c1cnc2c(c1)ccc1cccnc12.c1cnc2c(c1)ccc1cccnc12. The molecule has 11 aromatic rings. The van der Waals surface area contributed by atoms with E-state index in [4.69, 9.17) is 30.6 Å². The maximum Gasteiger partial charge on any atom is 2.00 e. The molecule has 80 heavy (non-hydrogen) atoms. The average molecular weight is 1120 g/mol. The molecule has 0 saturated carbocycles. The van der Waals surface area contributed by atoms with Crippen molar-refractivity contribution in [1.29, 1.82) is 0 Å². The molecule has 402 valence electrons. The van der Waals surface area contributed by atoms with Crippen LogP contribution in [0.2, 0.25) is 0 Å². The molecule has 0 fully saturated rings.